The van der Waals surface area contributed by atoms with Gasteiger partial charge in [0.1, 0.15) is 0 Å². The number of hydrogen-bond donors (Lipinski definition) is 1. The van der Waals surface area contributed by atoms with Crippen molar-refractivity contribution in [3.63, 3.8) is 0 Å². The Labute approximate surface area is 156 Å². The molecule has 25 heavy (non-hydrogen) atoms. The third-order valence-corrected chi connectivity index (χ3v) is 10.2. The van der Waals surface area contributed by atoms with Gasteiger partial charge in [-0.15, -0.1) is 0 Å². The SMILES string of the molecule is C[C@H](CCCO)[C@@H]1CC[C@@H]2[C@H]3CC[C@H]4CCCC[C@]4(C)[C@@H]3CC[C@@]21C. The number of aliphatic hydroxyl groups is 1. The highest BCUT2D eigenvalue weighted by atomic mass is 16.2. The van der Waals surface area contributed by atoms with Gasteiger partial charge in [-0.2, -0.15) is 0 Å². The van der Waals surface area contributed by atoms with Crippen molar-refractivity contribution in [2.45, 2.75) is 97.8 Å². The molecule has 8 atom stereocenters. The van der Waals surface area contributed by atoms with Gasteiger partial charge in [0.25, 0.3) is 0 Å². The van der Waals surface area contributed by atoms with Gasteiger partial charge < -0.3 is 5.11 Å². The van der Waals surface area contributed by atoms with Crippen molar-refractivity contribution >= 4 is 0 Å². The fraction of sp³-hybridized carbons (Fsp3) is 1.00. The predicted octanol–water partition coefficient (Wildman–Crippen LogP) is 6.44. The Kier molecular flexibility index (Phi) is 5.02. The molecule has 0 aromatic rings. The van der Waals surface area contributed by atoms with Crippen molar-refractivity contribution in [3.8, 4) is 0 Å². The lowest BCUT2D eigenvalue weighted by atomic mass is 9.44. The summed E-state index contributed by atoms with van der Waals surface area (Å²) in [5, 5.41) is 9.25. The van der Waals surface area contributed by atoms with Crippen molar-refractivity contribution in [2.24, 2.45) is 46.3 Å². The number of aliphatic hydroxyl groups excluding tert-OH is 1. The normalized spacial score (nSPS) is 50.6. The first-order valence-electron chi connectivity index (χ1n) is 11.6. The summed E-state index contributed by atoms with van der Waals surface area (Å²) >= 11 is 0. The first-order chi connectivity index (χ1) is 12.0. The molecule has 1 nitrogen and oxygen atoms in total. The second-order valence-electron chi connectivity index (χ2n) is 11.0. The van der Waals surface area contributed by atoms with Gasteiger partial charge in [0.15, 0.2) is 0 Å². The molecular formula is C24H42O. The Balaban J connectivity index is 1.53. The molecule has 4 aliphatic rings. The van der Waals surface area contributed by atoms with Gasteiger partial charge >= 0.3 is 0 Å². The molecule has 0 spiro atoms. The van der Waals surface area contributed by atoms with E-state index in [0.29, 0.717) is 17.4 Å². The summed E-state index contributed by atoms with van der Waals surface area (Å²) in [4.78, 5) is 0. The highest BCUT2D eigenvalue weighted by Crippen LogP contribution is 2.68. The van der Waals surface area contributed by atoms with E-state index in [-0.39, 0.29) is 0 Å². The first kappa shape index (κ1) is 18.3. The third-order valence-electron chi connectivity index (χ3n) is 10.2. The molecule has 4 saturated carbocycles. The predicted molar refractivity (Wildman–Crippen MR) is 105 cm³/mol. The zero-order valence-corrected chi connectivity index (χ0v) is 17.1. The third kappa shape index (κ3) is 2.82. The summed E-state index contributed by atoms with van der Waals surface area (Å²) in [6.07, 6.45) is 17.4. The molecule has 0 unspecified atom stereocenters. The van der Waals surface area contributed by atoms with E-state index in [1.54, 1.807) is 6.42 Å². The van der Waals surface area contributed by atoms with Crippen LogP contribution in [0.5, 0.6) is 0 Å². The average Bonchev–Trinajstić information content (AvgIpc) is 2.96. The van der Waals surface area contributed by atoms with Gasteiger partial charge in [-0.25, -0.2) is 0 Å². The Bertz CT molecular complexity index is 473. The van der Waals surface area contributed by atoms with Gasteiger partial charge in [-0.3, -0.25) is 0 Å². The van der Waals surface area contributed by atoms with E-state index in [4.69, 9.17) is 0 Å². The Morgan fingerprint density at radius 3 is 2.48 bits per heavy atom. The van der Waals surface area contributed by atoms with E-state index < -0.39 is 0 Å². The van der Waals surface area contributed by atoms with Crippen molar-refractivity contribution in [1.82, 2.24) is 0 Å². The van der Waals surface area contributed by atoms with E-state index in [0.717, 1.165) is 41.9 Å². The monoisotopic (exact) mass is 346 g/mol. The topological polar surface area (TPSA) is 20.2 Å². The second kappa shape index (κ2) is 6.84. The Morgan fingerprint density at radius 2 is 1.68 bits per heavy atom. The number of hydrogen-bond acceptors (Lipinski definition) is 1. The maximum Gasteiger partial charge on any atom is 0.0431 e. The molecule has 0 aliphatic heterocycles. The molecule has 4 fully saturated rings. The zero-order chi connectivity index (χ0) is 17.7. The van der Waals surface area contributed by atoms with Crippen LogP contribution in [0.4, 0.5) is 0 Å². The maximum absolute atomic E-state index is 9.25. The van der Waals surface area contributed by atoms with Gasteiger partial charge in [0, 0.05) is 6.61 Å². The molecule has 0 amide bonds. The van der Waals surface area contributed by atoms with Crippen LogP contribution in [-0.4, -0.2) is 11.7 Å². The van der Waals surface area contributed by atoms with Crippen molar-refractivity contribution in [3.05, 3.63) is 0 Å². The lowest BCUT2D eigenvalue weighted by Crippen LogP contribution is -2.53. The van der Waals surface area contributed by atoms with Crippen LogP contribution in [0.2, 0.25) is 0 Å². The highest BCUT2D eigenvalue weighted by molar-refractivity contribution is 5.09. The summed E-state index contributed by atoms with van der Waals surface area (Å²) in [5.74, 6) is 5.85. The lowest BCUT2D eigenvalue weighted by Gasteiger charge is -2.61. The minimum atomic E-state index is 0.377. The second-order valence-corrected chi connectivity index (χ2v) is 11.0. The van der Waals surface area contributed by atoms with E-state index in [1.165, 1.54) is 64.2 Å². The zero-order valence-electron chi connectivity index (χ0n) is 17.1. The van der Waals surface area contributed by atoms with Crippen molar-refractivity contribution in [1.29, 1.82) is 0 Å². The molecule has 4 rings (SSSR count). The van der Waals surface area contributed by atoms with Crippen molar-refractivity contribution in [2.75, 3.05) is 6.61 Å². The smallest absolute Gasteiger partial charge is 0.0431 e. The molecular weight excluding hydrogens is 304 g/mol. The molecule has 0 aromatic carbocycles. The molecule has 0 radical (unpaired) electrons. The molecule has 4 aliphatic carbocycles. The van der Waals surface area contributed by atoms with Gasteiger partial charge in [-0.1, -0.05) is 33.6 Å². The van der Waals surface area contributed by atoms with Crippen LogP contribution in [0.15, 0.2) is 0 Å². The fourth-order valence-corrected chi connectivity index (χ4v) is 8.88. The van der Waals surface area contributed by atoms with Crippen molar-refractivity contribution < 1.29 is 5.11 Å². The van der Waals surface area contributed by atoms with E-state index in [2.05, 4.69) is 20.8 Å². The quantitative estimate of drug-likeness (QED) is 0.620. The van der Waals surface area contributed by atoms with Crippen LogP contribution >= 0.6 is 0 Å². The molecule has 0 bridgehead atoms. The van der Waals surface area contributed by atoms with Crippen LogP contribution in [0, 0.1) is 46.3 Å². The first-order valence-corrected chi connectivity index (χ1v) is 11.6. The summed E-state index contributed by atoms with van der Waals surface area (Å²) in [6, 6.07) is 0. The van der Waals surface area contributed by atoms with E-state index in [9.17, 15) is 5.11 Å². The number of rotatable bonds is 4. The Morgan fingerprint density at radius 1 is 0.880 bits per heavy atom. The maximum atomic E-state index is 9.25. The molecule has 0 saturated heterocycles. The van der Waals surface area contributed by atoms with Crippen LogP contribution in [-0.2, 0) is 0 Å². The molecule has 1 N–H and O–H groups in total. The van der Waals surface area contributed by atoms with Gasteiger partial charge in [-0.05, 0) is 111 Å². The highest BCUT2D eigenvalue weighted by Gasteiger charge is 2.59. The minimum absolute atomic E-state index is 0.377. The Hall–Kier alpha value is -0.0400. The van der Waals surface area contributed by atoms with E-state index >= 15 is 0 Å². The summed E-state index contributed by atoms with van der Waals surface area (Å²) in [5.41, 5.74) is 1.29. The minimum Gasteiger partial charge on any atom is -0.396 e. The van der Waals surface area contributed by atoms with Crippen LogP contribution in [0.1, 0.15) is 97.8 Å². The summed E-state index contributed by atoms with van der Waals surface area (Å²) in [6.45, 7) is 8.24. The fourth-order valence-electron chi connectivity index (χ4n) is 8.88. The standard InChI is InChI=1S/C24H42O/c1-17(7-6-16-25)20-11-12-21-19-10-9-18-8-4-5-14-23(18,2)22(19)13-15-24(20,21)3/h17-22,25H,4-16H2,1-3H3/t17-,18-,19-,20+,21-,22-,23+,24-/m1/s1. The van der Waals surface area contributed by atoms with Gasteiger partial charge in [0.05, 0.1) is 0 Å². The van der Waals surface area contributed by atoms with E-state index in [1.807, 2.05) is 0 Å². The largest absolute Gasteiger partial charge is 0.396 e. The molecule has 1 heteroatoms. The summed E-state index contributed by atoms with van der Waals surface area (Å²) in [7, 11) is 0. The van der Waals surface area contributed by atoms with Crippen LogP contribution < -0.4 is 0 Å². The molecule has 0 aromatic heterocycles. The van der Waals surface area contributed by atoms with Crippen LogP contribution in [0.25, 0.3) is 0 Å². The molecule has 144 valence electrons. The summed E-state index contributed by atoms with van der Waals surface area (Å²) < 4.78 is 0. The number of fused-ring (bicyclic) bond motifs is 5. The average molecular weight is 347 g/mol. The molecule has 0 heterocycles. The van der Waals surface area contributed by atoms with Gasteiger partial charge in [0.2, 0.25) is 0 Å². The lowest BCUT2D eigenvalue weighted by molar-refractivity contribution is -0.114. The van der Waals surface area contributed by atoms with Crippen LogP contribution in [0.3, 0.4) is 0 Å².